The maximum Gasteiger partial charge on any atom is 0.377 e. The lowest BCUT2D eigenvalue weighted by Gasteiger charge is -2.33. The van der Waals surface area contributed by atoms with Crippen LogP contribution in [0.15, 0.2) is 0 Å². The fourth-order valence-corrected chi connectivity index (χ4v) is 1.49. The molecule has 0 fully saturated rings. The van der Waals surface area contributed by atoms with Crippen molar-refractivity contribution in [3.63, 3.8) is 0 Å². The first-order valence-electron chi connectivity index (χ1n) is 5.96. The summed E-state index contributed by atoms with van der Waals surface area (Å²) < 4.78 is 10.4. The molecule has 6 heteroatoms. The average molecular weight is 258 g/mol. The van der Waals surface area contributed by atoms with Crippen molar-refractivity contribution in [3.05, 3.63) is 5.53 Å². The number of rotatable bonds is 6. The predicted molar refractivity (Wildman–Crippen MR) is 65.0 cm³/mol. The highest BCUT2D eigenvalue weighted by Crippen LogP contribution is 2.22. The second-order valence-electron chi connectivity index (χ2n) is 4.87. The van der Waals surface area contributed by atoms with Crippen LogP contribution in [0.3, 0.4) is 0 Å². The fraction of sp³-hybridized carbons (Fsp3) is 0.833. The predicted octanol–water partition coefficient (Wildman–Crippen LogP) is 1.70. The maximum atomic E-state index is 11.8. The summed E-state index contributed by atoms with van der Waals surface area (Å²) in [6, 6.07) is 0. The second-order valence-corrected chi connectivity index (χ2v) is 4.87. The van der Waals surface area contributed by atoms with Gasteiger partial charge in [-0.1, -0.05) is 0 Å². The Morgan fingerprint density at radius 1 is 0.944 bits per heavy atom. The van der Waals surface area contributed by atoms with Crippen LogP contribution in [0.2, 0.25) is 0 Å². The summed E-state index contributed by atoms with van der Waals surface area (Å²) in [5.74, 6) is -1.21. The van der Waals surface area contributed by atoms with Crippen molar-refractivity contribution >= 4 is 11.9 Å². The molecular formula is C12H22N2O4. The maximum absolute atomic E-state index is 11.8. The van der Waals surface area contributed by atoms with Crippen LogP contribution in [-0.2, 0) is 19.1 Å². The number of hydrogen-bond acceptors (Lipinski definition) is 4. The van der Waals surface area contributed by atoms with Gasteiger partial charge in [0, 0.05) is 27.7 Å². The molecule has 0 saturated heterocycles. The smallest absolute Gasteiger partial charge is 0.377 e. The van der Waals surface area contributed by atoms with Crippen molar-refractivity contribution in [1.29, 1.82) is 0 Å². The molecule has 0 unspecified atom stereocenters. The molecule has 0 aliphatic rings. The average Bonchev–Trinajstić information content (AvgIpc) is 2.28. The number of ether oxygens (including phenoxy) is 2. The van der Waals surface area contributed by atoms with Gasteiger partial charge in [0.05, 0.1) is 13.2 Å². The molecule has 0 saturated carbocycles. The number of nitrogens with zero attached hydrogens (tertiary/aromatic N) is 2. The summed E-state index contributed by atoms with van der Waals surface area (Å²) in [4.78, 5) is 23.5. The van der Waals surface area contributed by atoms with Crippen LogP contribution in [0, 0.1) is 0 Å². The molecule has 0 aromatic heterocycles. The first-order chi connectivity index (χ1) is 8.12. The van der Waals surface area contributed by atoms with Gasteiger partial charge in [-0.05, 0) is 13.8 Å². The van der Waals surface area contributed by atoms with Gasteiger partial charge in [-0.3, -0.25) is 4.70 Å². The normalized spacial score (nSPS) is 11.9. The van der Waals surface area contributed by atoms with Crippen LogP contribution in [-0.4, -0.2) is 40.9 Å². The molecule has 0 aliphatic heterocycles. The molecular weight excluding hydrogens is 236 g/mol. The third-order valence-corrected chi connectivity index (χ3v) is 2.61. The van der Waals surface area contributed by atoms with Crippen LogP contribution >= 0.6 is 0 Å². The highest BCUT2D eigenvalue weighted by atomic mass is 16.5. The van der Waals surface area contributed by atoms with Gasteiger partial charge >= 0.3 is 11.9 Å². The van der Waals surface area contributed by atoms with Crippen molar-refractivity contribution in [2.24, 2.45) is 0 Å². The minimum Gasteiger partial charge on any atom is -0.505 e. The van der Waals surface area contributed by atoms with E-state index in [0.717, 1.165) is 0 Å². The van der Waals surface area contributed by atoms with Gasteiger partial charge in [-0.15, -0.1) is 0 Å². The third kappa shape index (κ3) is 3.27. The Kier molecular flexibility index (Phi) is 5.45. The lowest BCUT2D eigenvalue weighted by Crippen LogP contribution is -2.56. The molecule has 0 spiro atoms. The molecule has 0 radical (unpaired) electrons. The van der Waals surface area contributed by atoms with E-state index in [1.54, 1.807) is 13.8 Å². The Hall–Kier alpha value is -1.46. The van der Waals surface area contributed by atoms with Gasteiger partial charge < -0.3 is 15.0 Å². The quantitative estimate of drug-likeness (QED) is 0.413. The van der Waals surface area contributed by atoms with Crippen molar-refractivity contribution < 1.29 is 23.8 Å². The van der Waals surface area contributed by atoms with E-state index in [0.29, 0.717) is 4.70 Å². The van der Waals surface area contributed by atoms with Gasteiger partial charge in [0.25, 0.3) is 0 Å². The molecule has 0 atom stereocenters. The monoisotopic (exact) mass is 258 g/mol. The zero-order valence-electron chi connectivity index (χ0n) is 11.9. The summed E-state index contributed by atoms with van der Waals surface area (Å²) in [5.41, 5.74) is 7.45. The van der Waals surface area contributed by atoms with E-state index in [1.807, 2.05) is 0 Å². The minimum atomic E-state index is -1.34. The SMILES string of the molecule is CCOC(=O)C(C)(C)[N+](=[N-])C(C)(C)C(=O)OCC. The first-order valence-corrected chi connectivity index (χ1v) is 5.96. The topological polar surface area (TPSA) is 77.9 Å². The molecule has 18 heavy (non-hydrogen) atoms. The van der Waals surface area contributed by atoms with Crippen LogP contribution in [0.4, 0.5) is 0 Å². The van der Waals surface area contributed by atoms with Crippen molar-refractivity contribution in [3.8, 4) is 0 Å². The van der Waals surface area contributed by atoms with E-state index in [4.69, 9.17) is 9.47 Å². The Morgan fingerprint density at radius 2 is 1.22 bits per heavy atom. The molecule has 0 aromatic carbocycles. The van der Waals surface area contributed by atoms with E-state index in [9.17, 15) is 15.1 Å². The standard InChI is InChI=1S/C12H22N2O4/c1-7-17-9(15)11(3,4)14(13)12(5,6)10(16)18-8-2/h7-8H2,1-6H3. The van der Waals surface area contributed by atoms with Gasteiger partial charge in [0.1, 0.15) is 0 Å². The Balaban J connectivity index is 5.13. The number of carbonyl (C=O) groups is 2. The molecule has 0 aromatic rings. The molecule has 0 heterocycles. The number of hydrogen-bond donors (Lipinski definition) is 0. The summed E-state index contributed by atoms with van der Waals surface area (Å²) >= 11 is 0. The van der Waals surface area contributed by atoms with E-state index < -0.39 is 23.0 Å². The van der Waals surface area contributed by atoms with Crippen molar-refractivity contribution in [2.45, 2.75) is 52.6 Å². The summed E-state index contributed by atoms with van der Waals surface area (Å²) in [6.45, 7) is 9.67. The second kappa shape index (κ2) is 5.93. The molecule has 104 valence electrons. The largest absolute Gasteiger partial charge is 0.505 e. The van der Waals surface area contributed by atoms with Crippen molar-refractivity contribution in [1.82, 2.24) is 0 Å². The van der Waals surface area contributed by atoms with Crippen molar-refractivity contribution in [2.75, 3.05) is 13.2 Å². The zero-order valence-corrected chi connectivity index (χ0v) is 11.9. The molecule has 0 amide bonds. The fourth-order valence-electron chi connectivity index (χ4n) is 1.49. The number of esters is 2. The number of carbonyl (C=O) groups excluding carboxylic acids is 2. The summed E-state index contributed by atoms with van der Waals surface area (Å²) in [6.07, 6.45) is 0. The highest BCUT2D eigenvalue weighted by Gasteiger charge is 2.49. The highest BCUT2D eigenvalue weighted by molar-refractivity contribution is 5.81. The lowest BCUT2D eigenvalue weighted by atomic mass is 9.96. The van der Waals surface area contributed by atoms with Crippen LogP contribution in [0.1, 0.15) is 41.5 Å². The van der Waals surface area contributed by atoms with Crippen LogP contribution in [0.25, 0.3) is 5.53 Å². The Morgan fingerprint density at radius 3 is 1.44 bits per heavy atom. The summed E-state index contributed by atoms with van der Waals surface area (Å²) in [5, 5.41) is 0. The van der Waals surface area contributed by atoms with Gasteiger partial charge in [0.2, 0.25) is 11.1 Å². The van der Waals surface area contributed by atoms with E-state index in [2.05, 4.69) is 0 Å². The van der Waals surface area contributed by atoms with Gasteiger partial charge in [-0.2, -0.15) is 0 Å². The third-order valence-electron chi connectivity index (χ3n) is 2.61. The van der Waals surface area contributed by atoms with E-state index in [-0.39, 0.29) is 13.2 Å². The first kappa shape index (κ1) is 16.5. The van der Waals surface area contributed by atoms with E-state index in [1.165, 1.54) is 27.7 Å². The molecule has 0 aliphatic carbocycles. The van der Waals surface area contributed by atoms with Crippen LogP contribution in [0.5, 0.6) is 0 Å². The van der Waals surface area contributed by atoms with Crippen LogP contribution < -0.4 is 0 Å². The summed E-state index contributed by atoms with van der Waals surface area (Å²) in [7, 11) is 0. The van der Waals surface area contributed by atoms with Gasteiger partial charge in [-0.25, -0.2) is 9.59 Å². The molecule has 0 bridgehead atoms. The molecule has 0 N–H and O–H groups in total. The lowest BCUT2D eigenvalue weighted by molar-refractivity contribution is -0.657. The zero-order chi connectivity index (χ0) is 14.6. The molecule has 6 nitrogen and oxygen atoms in total. The van der Waals surface area contributed by atoms with Gasteiger partial charge in [0.15, 0.2) is 0 Å². The minimum absolute atomic E-state index is 0.204. The Labute approximate surface area is 108 Å². The molecule has 0 rings (SSSR count). The Bertz CT molecular complexity index is 316. The van der Waals surface area contributed by atoms with E-state index >= 15 is 0 Å².